The van der Waals surface area contributed by atoms with Gasteiger partial charge in [0, 0.05) is 31.4 Å². The summed E-state index contributed by atoms with van der Waals surface area (Å²) in [7, 11) is 0. The molecule has 0 spiro atoms. The molecule has 1 amide bonds. The van der Waals surface area contributed by atoms with E-state index in [0.717, 1.165) is 30.9 Å². The van der Waals surface area contributed by atoms with Crippen molar-refractivity contribution in [2.24, 2.45) is 0 Å². The number of benzene rings is 1. The number of nitrogens with one attached hydrogen (secondary N) is 2. The van der Waals surface area contributed by atoms with Crippen molar-refractivity contribution in [2.45, 2.75) is 26.8 Å². The molecule has 4 nitrogen and oxygen atoms in total. The zero-order chi connectivity index (χ0) is 13.8. The first-order valence-electron chi connectivity index (χ1n) is 6.87. The van der Waals surface area contributed by atoms with Gasteiger partial charge in [0.2, 0.25) is 5.91 Å². The number of rotatable bonds is 3. The van der Waals surface area contributed by atoms with Crippen molar-refractivity contribution in [1.29, 1.82) is 0 Å². The van der Waals surface area contributed by atoms with Crippen LogP contribution in [0.2, 0.25) is 0 Å². The molecule has 2 N–H and O–H groups in total. The first kappa shape index (κ1) is 14.0. The van der Waals surface area contributed by atoms with E-state index in [1.807, 2.05) is 19.1 Å². The molecule has 1 aromatic carbocycles. The number of amides is 1. The normalized spacial score (nSPS) is 20.3. The van der Waals surface area contributed by atoms with Crippen molar-refractivity contribution in [2.75, 3.05) is 31.5 Å². The molecule has 0 unspecified atom stereocenters. The minimum absolute atomic E-state index is 0.0704. The van der Waals surface area contributed by atoms with Crippen LogP contribution in [0.1, 0.15) is 18.1 Å². The van der Waals surface area contributed by atoms with E-state index in [4.69, 9.17) is 0 Å². The van der Waals surface area contributed by atoms with Gasteiger partial charge in [0.25, 0.3) is 0 Å². The maximum absolute atomic E-state index is 12.1. The second kappa shape index (κ2) is 6.17. The molecule has 1 aromatic rings. The van der Waals surface area contributed by atoms with E-state index in [2.05, 4.69) is 35.4 Å². The van der Waals surface area contributed by atoms with Gasteiger partial charge in [0.05, 0.1) is 6.54 Å². The molecule has 2 rings (SSSR count). The molecule has 1 heterocycles. The lowest BCUT2D eigenvalue weighted by atomic mass is 10.1. The minimum Gasteiger partial charge on any atom is -0.325 e. The minimum atomic E-state index is 0.0704. The second-order valence-corrected chi connectivity index (χ2v) is 5.46. The molecule has 1 saturated heterocycles. The van der Waals surface area contributed by atoms with E-state index in [1.165, 1.54) is 5.56 Å². The average molecular weight is 261 g/mol. The first-order valence-corrected chi connectivity index (χ1v) is 6.87. The van der Waals surface area contributed by atoms with E-state index >= 15 is 0 Å². The molecule has 1 atom stereocenters. The third-order valence-electron chi connectivity index (χ3n) is 3.48. The Morgan fingerprint density at radius 3 is 2.95 bits per heavy atom. The molecule has 0 saturated carbocycles. The van der Waals surface area contributed by atoms with Crippen LogP contribution < -0.4 is 10.6 Å². The van der Waals surface area contributed by atoms with Crippen molar-refractivity contribution in [1.82, 2.24) is 10.2 Å². The van der Waals surface area contributed by atoms with Crippen molar-refractivity contribution < 1.29 is 4.79 Å². The first-order chi connectivity index (χ1) is 9.04. The summed E-state index contributed by atoms with van der Waals surface area (Å²) in [5.74, 6) is 0.0704. The predicted octanol–water partition coefficient (Wildman–Crippen LogP) is 1.54. The average Bonchev–Trinajstić information content (AvgIpc) is 2.33. The molecule has 104 valence electrons. The van der Waals surface area contributed by atoms with Crippen LogP contribution in [0.4, 0.5) is 5.69 Å². The Morgan fingerprint density at radius 2 is 2.26 bits per heavy atom. The number of carbonyl (C=O) groups excluding carboxylic acids is 1. The maximum atomic E-state index is 12.1. The van der Waals surface area contributed by atoms with Gasteiger partial charge in [-0.3, -0.25) is 9.69 Å². The molecule has 0 radical (unpaired) electrons. The second-order valence-electron chi connectivity index (χ2n) is 5.46. The van der Waals surface area contributed by atoms with Crippen molar-refractivity contribution in [3.8, 4) is 0 Å². The summed E-state index contributed by atoms with van der Waals surface area (Å²) >= 11 is 0. The number of aryl methyl sites for hydroxylation is 2. The van der Waals surface area contributed by atoms with Crippen molar-refractivity contribution >= 4 is 11.6 Å². The molecule has 1 fully saturated rings. The standard InChI is InChI=1S/C15H23N3O/c1-11-4-5-14(12(2)8-11)17-15(19)10-18-7-6-16-13(3)9-18/h4-5,8,13,16H,6-7,9-10H2,1-3H3,(H,17,19)/t13-/m1/s1. The molecule has 0 bridgehead atoms. The third kappa shape index (κ3) is 4.04. The van der Waals surface area contributed by atoms with Crippen LogP contribution in [0, 0.1) is 13.8 Å². The maximum Gasteiger partial charge on any atom is 0.238 e. The molecule has 1 aliphatic rings. The van der Waals surface area contributed by atoms with Gasteiger partial charge in [-0.05, 0) is 32.4 Å². The van der Waals surface area contributed by atoms with Gasteiger partial charge < -0.3 is 10.6 Å². The van der Waals surface area contributed by atoms with Gasteiger partial charge >= 0.3 is 0 Å². The number of piperazine rings is 1. The number of hydrogen-bond acceptors (Lipinski definition) is 3. The third-order valence-corrected chi connectivity index (χ3v) is 3.48. The molecule has 0 aromatic heterocycles. The van der Waals surface area contributed by atoms with E-state index in [-0.39, 0.29) is 5.91 Å². The molecular weight excluding hydrogens is 238 g/mol. The summed E-state index contributed by atoms with van der Waals surface area (Å²) in [5.41, 5.74) is 3.24. The number of hydrogen-bond donors (Lipinski definition) is 2. The fourth-order valence-corrected chi connectivity index (χ4v) is 2.50. The van der Waals surface area contributed by atoms with Crippen molar-refractivity contribution in [3.63, 3.8) is 0 Å². The number of anilines is 1. The summed E-state index contributed by atoms with van der Waals surface area (Å²) in [5, 5.41) is 6.38. The largest absolute Gasteiger partial charge is 0.325 e. The van der Waals surface area contributed by atoms with Gasteiger partial charge in [-0.15, -0.1) is 0 Å². The summed E-state index contributed by atoms with van der Waals surface area (Å²) < 4.78 is 0. The lowest BCUT2D eigenvalue weighted by molar-refractivity contribution is -0.117. The smallest absolute Gasteiger partial charge is 0.238 e. The van der Waals surface area contributed by atoms with Crippen LogP contribution in [-0.4, -0.2) is 43.0 Å². The monoisotopic (exact) mass is 261 g/mol. The van der Waals surface area contributed by atoms with Gasteiger partial charge in [-0.2, -0.15) is 0 Å². The highest BCUT2D eigenvalue weighted by Gasteiger charge is 2.18. The highest BCUT2D eigenvalue weighted by Crippen LogP contribution is 2.15. The lowest BCUT2D eigenvalue weighted by Crippen LogP contribution is -2.51. The highest BCUT2D eigenvalue weighted by molar-refractivity contribution is 5.93. The lowest BCUT2D eigenvalue weighted by Gasteiger charge is -2.31. The van der Waals surface area contributed by atoms with Crippen LogP contribution in [0.5, 0.6) is 0 Å². The fourth-order valence-electron chi connectivity index (χ4n) is 2.50. The molecule has 4 heteroatoms. The molecular formula is C15H23N3O. The Hall–Kier alpha value is -1.39. The van der Waals surface area contributed by atoms with Gasteiger partial charge in [-0.1, -0.05) is 17.7 Å². The molecule has 1 aliphatic heterocycles. The van der Waals surface area contributed by atoms with Gasteiger partial charge in [0.1, 0.15) is 0 Å². The van der Waals surface area contributed by atoms with E-state index in [9.17, 15) is 4.79 Å². The number of nitrogens with zero attached hydrogens (tertiary/aromatic N) is 1. The summed E-state index contributed by atoms with van der Waals surface area (Å²) in [6.07, 6.45) is 0. The van der Waals surface area contributed by atoms with E-state index in [1.54, 1.807) is 0 Å². The fraction of sp³-hybridized carbons (Fsp3) is 0.533. The molecule has 0 aliphatic carbocycles. The van der Waals surface area contributed by atoms with Crippen LogP contribution in [0.3, 0.4) is 0 Å². The summed E-state index contributed by atoms with van der Waals surface area (Å²) in [6, 6.07) is 6.55. The number of carbonyl (C=O) groups is 1. The van der Waals surface area contributed by atoms with Crippen molar-refractivity contribution in [3.05, 3.63) is 29.3 Å². The van der Waals surface area contributed by atoms with Gasteiger partial charge in [-0.25, -0.2) is 0 Å². The Morgan fingerprint density at radius 1 is 1.47 bits per heavy atom. The van der Waals surface area contributed by atoms with E-state index in [0.29, 0.717) is 12.6 Å². The highest BCUT2D eigenvalue weighted by atomic mass is 16.2. The van der Waals surface area contributed by atoms with Crippen LogP contribution in [0.25, 0.3) is 0 Å². The van der Waals surface area contributed by atoms with Crippen LogP contribution >= 0.6 is 0 Å². The quantitative estimate of drug-likeness (QED) is 0.867. The Labute approximate surface area is 115 Å². The zero-order valence-electron chi connectivity index (χ0n) is 12.0. The SMILES string of the molecule is Cc1ccc(NC(=O)CN2CCN[C@H](C)C2)c(C)c1. The van der Waals surface area contributed by atoms with Crippen LogP contribution in [-0.2, 0) is 4.79 Å². The summed E-state index contributed by atoms with van der Waals surface area (Å²) in [6.45, 7) is 9.52. The zero-order valence-corrected chi connectivity index (χ0v) is 12.0. The molecule has 19 heavy (non-hydrogen) atoms. The summed E-state index contributed by atoms with van der Waals surface area (Å²) in [4.78, 5) is 14.2. The Kier molecular flexibility index (Phi) is 4.56. The predicted molar refractivity (Wildman–Crippen MR) is 78.5 cm³/mol. The topological polar surface area (TPSA) is 44.4 Å². The Balaban J connectivity index is 1.90. The van der Waals surface area contributed by atoms with Crippen LogP contribution in [0.15, 0.2) is 18.2 Å². The Bertz CT molecular complexity index is 459. The van der Waals surface area contributed by atoms with E-state index < -0.39 is 0 Å². The van der Waals surface area contributed by atoms with Gasteiger partial charge in [0.15, 0.2) is 0 Å².